The van der Waals surface area contributed by atoms with Gasteiger partial charge in [0.15, 0.2) is 11.4 Å². The number of rotatable bonds is 3. The minimum atomic E-state index is -2.15. The van der Waals surface area contributed by atoms with Crippen LogP contribution in [0.5, 0.6) is 5.75 Å². The van der Waals surface area contributed by atoms with Gasteiger partial charge in [-0.2, -0.15) is 5.10 Å². The molecule has 0 radical (unpaired) electrons. The number of Topliss-reactive ketones (excluding diaryl/α,β-unsaturated/α-hetero) is 1. The molecule has 9 nitrogen and oxygen atoms in total. The normalized spacial score (nSPS) is 26.3. The predicted molar refractivity (Wildman–Crippen MR) is 131 cm³/mol. The Kier molecular flexibility index (Phi) is 4.62. The third kappa shape index (κ3) is 2.72. The lowest BCUT2D eigenvalue weighted by Gasteiger charge is -2.35. The molecule has 0 saturated carbocycles. The van der Waals surface area contributed by atoms with Gasteiger partial charge in [0.25, 0.3) is 11.7 Å². The standard InChI is InChI=1S/C27H27N5O4/c1-13(2)16-8-9-18-21(11-16)36-27(35)19-6-5-7-20(28)22(19)23(33)26(18,27)31-25(34)17-12-29-32-15(4)10-14(3)30-24(17)32/h5-6,8-13,20,35H,7,28H2,1-4H3,(H,31,34). The molecule has 4 N–H and O–H groups in total. The lowest BCUT2D eigenvalue weighted by Crippen LogP contribution is -2.63. The van der Waals surface area contributed by atoms with Gasteiger partial charge in [-0.25, -0.2) is 9.50 Å². The Morgan fingerprint density at radius 2 is 2.08 bits per heavy atom. The van der Waals surface area contributed by atoms with E-state index in [2.05, 4.69) is 15.4 Å². The van der Waals surface area contributed by atoms with Crippen LogP contribution in [-0.4, -0.2) is 43.2 Å². The second-order valence-electron chi connectivity index (χ2n) is 10.1. The van der Waals surface area contributed by atoms with Crippen molar-refractivity contribution in [2.45, 2.75) is 57.4 Å². The molecular weight excluding hydrogens is 458 g/mol. The number of ether oxygens (including phenoxy) is 1. The molecule has 9 heteroatoms. The fourth-order valence-electron chi connectivity index (χ4n) is 5.65. The summed E-state index contributed by atoms with van der Waals surface area (Å²) in [5.41, 5.74) is 8.41. The first-order chi connectivity index (χ1) is 17.1. The molecule has 1 aliphatic heterocycles. The van der Waals surface area contributed by atoms with E-state index in [4.69, 9.17) is 10.5 Å². The Morgan fingerprint density at radius 3 is 2.83 bits per heavy atom. The summed E-state index contributed by atoms with van der Waals surface area (Å²) in [6.07, 6.45) is 5.33. The fraction of sp³-hybridized carbons (Fsp3) is 0.333. The Hall–Kier alpha value is -3.82. The van der Waals surface area contributed by atoms with E-state index in [1.807, 2.05) is 45.9 Å². The van der Waals surface area contributed by atoms with Crippen LogP contribution in [0.15, 0.2) is 53.8 Å². The van der Waals surface area contributed by atoms with Crippen LogP contribution in [0.25, 0.3) is 5.65 Å². The van der Waals surface area contributed by atoms with Gasteiger partial charge < -0.3 is 20.9 Å². The first-order valence-electron chi connectivity index (χ1n) is 12.0. The molecule has 3 aliphatic rings. The number of nitrogens with two attached hydrogens (primary N) is 1. The molecule has 3 heterocycles. The maximum Gasteiger partial charge on any atom is 0.270 e. The maximum atomic E-state index is 14.2. The summed E-state index contributed by atoms with van der Waals surface area (Å²) in [4.78, 5) is 32.4. The van der Waals surface area contributed by atoms with Crippen molar-refractivity contribution in [3.05, 3.63) is 81.8 Å². The predicted octanol–water partition coefficient (Wildman–Crippen LogP) is 2.34. The average Bonchev–Trinajstić information content (AvgIpc) is 3.41. The van der Waals surface area contributed by atoms with Gasteiger partial charge in [-0.3, -0.25) is 9.59 Å². The van der Waals surface area contributed by atoms with Crippen LogP contribution in [0, 0.1) is 13.8 Å². The van der Waals surface area contributed by atoms with E-state index in [-0.39, 0.29) is 22.6 Å². The number of nitrogens with zero attached hydrogens (tertiary/aromatic N) is 3. The van der Waals surface area contributed by atoms with Crippen molar-refractivity contribution in [1.29, 1.82) is 0 Å². The largest absolute Gasteiger partial charge is 0.454 e. The van der Waals surface area contributed by atoms with Gasteiger partial charge in [0.1, 0.15) is 11.3 Å². The minimum Gasteiger partial charge on any atom is -0.454 e. The SMILES string of the molecule is Cc1cc(C)n2ncc(C(=O)NC34C(=O)C5=C(C=CCC5N)C3(O)Oc3cc(C(C)C)ccc34)c2n1. The Labute approximate surface area is 207 Å². The number of ketones is 1. The number of carbonyl (C=O) groups is 2. The topological polar surface area (TPSA) is 132 Å². The van der Waals surface area contributed by atoms with Gasteiger partial charge in [-0.15, -0.1) is 0 Å². The number of fused-ring (bicyclic) bond motifs is 5. The van der Waals surface area contributed by atoms with Crippen molar-refractivity contribution in [2.75, 3.05) is 0 Å². The van der Waals surface area contributed by atoms with E-state index in [9.17, 15) is 14.7 Å². The molecule has 0 fully saturated rings. The smallest absolute Gasteiger partial charge is 0.270 e. The number of aliphatic hydroxyl groups is 1. The van der Waals surface area contributed by atoms with Crippen molar-refractivity contribution in [2.24, 2.45) is 5.73 Å². The Bertz CT molecular complexity index is 1550. The molecule has 36 heavy (non-hydrogen) atoms. The van der Waals surface area contributed by atoms with E-state index in [1.54, 1.807) is 22.7 Å². The second kappa shape index (κ2) is 7.35. The number of hydrogen-bond donors (Lipinski definition) is 3. The highest BCUT2D eigenvalue weighted by molar-refractivity contribution is 6.14. The zero-order valence-electron chi connectivity index (χ0n) is 20.5. The molecule has 184 valence electrons. The highest BCUT2D eigenvalue weighted by Gasteiger charge is 2.72. The number of hydrogen-bond acceptors (Lipinski definition) is 7. The molecule has 0 saturated heterocycles. The number of nitrogens with one attached hydrogen (secondary N) is 1. The van der Waals surface area contributed by atoms with Gasteiger partial charge in [-0.1, -0.05) is 38.1 Å². The van der Waals surface area contributed by atoms with E-state index in [0.29, 0.717) is 23.4 Å². The summed E-state index contributed by atoms with van der Waals surface area (Å²) in [7, 11) is 0. The molecule has 3 atom stereocenters. The lowest BCUT2D eigenvalue weighted by atomic mass is 9.80. The number of carbonyl (C=O) groups excluding carboxylic acids is 2. The molecule has 2 aliphatic carbocycles. The van der Waals surface area contributed by atoms with Crippen LogP contribution < -0.4 is 15.8 Å². The van der Waals surface area contributed by atoms with Crippen molar-refractivity contribution in [3.8, 4) is 5.75 Å². The quantitative estimate of drug-likeness (QED) is 0.519. The first kappa shape index (κ1) is 22.6. The summed E-state index contributed by atoms with van der Waals surface area (Å²) in [6.45, 7) is 7.78. The average molecular weight is 486 g/mol. The van der Waals surface area contributed by atoms with Gasteiger partial charge in [0.05, 0.1) is 6.20 Å². The zero-order chi connectivity index (χ0) is 25.6. The van der Waals surface area contributed by atoms with Crippen LogP contribution >= 0.6 is 0 Å². The molecule has 3 unspecified atom stereocenters. The Balaban J connectivity index is 1.54. The van der Waals surface area contributed by atoms with Crippen molar-refractivity contribution in [1.82, 2.24) is 19.9 Å². The summed E-state index contributed by atoms with van der Waals surface area (Å²) >= 11 is 0. The molecule has 1 amide bonds. The molecule has 1 aromatic carbocycles. The van der Waals surface area contributed by atoms with Crippen LogP contribution in [-0.2, 0) is 10.3 Å². The highest BCUT2D eigenvalue weighted by Crippen LogP contribution is 2.57. The molecule has 2 aromatic heterocycles. The molecule has 0 spiro atoms. The van der Waals surface area contributed by atoms with E-state index in [1.165, 1.54) is 6.20 Å². The summed E-state index contributed by atoms with van der Waals surface area (Å²) in [5, 5.41) is 19.3. The van der Waals surface area contributed by atoms with E-state index >= 15 is 0 Å². The summed E-state index contributed by atoms with van der Waals surface area (Å²) in [6, 6.07) is 6.69. The van der Waals surface area contributed by atoms with Crippen molar-refractivity contribution < 1.29 is 19.4 Å². The second-order valence-corrected chi connectivity index (χ2v) is 10.1. The number of benzene rings is 1. The van der Waals surface area contributed by atoms with Gasteiger partial charge >= 0.3 is 0 Å². The van der Waals surface area contributed by atoms with Crippen LogP contribution in [0.3, 0.4) is 0 Å². The zero-order valence-corrected chi connectivity index (χ0v) is 20.5. The van der Waals surface area contributed by atoms with Crippen LogP contribution in [0.2, 0.25) is 0 Å². The number of aryl methyl sites for hydroxylation is 2. The van der Waals surface area contributed by atoms with Crippen LogP contribution in [0.1, 0.15) is 59.1 Å². The molecule has 6 rings (SSSR count). The van der Waals surface area contributed by atoms with Crippen LogP contribution in [0.4, 0.5) is 0 Å². The minimum absolute atomic E-state index is 0.184. The monoisotopic (exact) mass is 485 g/mol. The summed E-state index contributed by atoms with van der Waals surface area (Å²) in [5.74, 6) is -2.68. The third-order valence-electron chi connectivity index (χ3n) is 7.45. The van der Waals surface area contributed by atoms with Gasteiger partial charge in [0.2, 0.25) is 5.54 Å². The molecule has 0 bridgehead atoms. The maximum absolute atomic E-state index is 14.2. The highest BCUT2D eigenvalue weighted by atomic mass is 16.6. The van der Waals surface area contributed by atoms with Crippen molar-refractivity contribution >= 4 is 17.3 Å². The first-order valence-corrected chi connectivity index (χ1v) is 12.0. The van der Waals surface area contributed by atoms with Gasteiger partial charge in [0, 0.05) is 34.1 Å². The molecule has 3 aromatic rings. The lowest BCUT2D eigenvalue weighted by molar-refractivity contribution is -0.154. The fourth-order valence-corrected chi connectivity index (χ4v) is 5.65. The molecular formula is C27H27N5O4. The third-order valence-corrected chi connectivity index (χ3v) is 7.45. The number of amides is 1. The van der Waals surface area contributed by atoms with E-state index in [0.717, 1.165) is 17.0 Å². The summed E-state index contributed by atoms with van der Waals surface area (Å²) < 4.78 is 7.73. The van der Waals surface area contributed by atoms with Crippen molar-refractivity contribution in [3.63, 3.8) is 0 Å². The Morgan fingerprint density at radius 1 is 1.31 bits per heavy atom. The van der Waals surface area contributed by atoms with Gasteiger partial charge in [-0.05, 0) is 43.9 Å². The van der Waals surface area contributed by atoms with E-state index < -0.39 is 29.1 Å². The number of aromatic nitrogens is 3.